The molecule has 0 amide bonds. The quantitative estimate of drug-likeness (QED) is 0.0953. The summed E-state index contributed by atoms with van der Waals surface area (Å²) in [6.45, 7) is 3.64. The van der Waals surface area contributed by atoms with E-state index >= 15 is 0 Å². The predicted octanol–water partition coefficient (Wildman–Crippen LogP) is 8.81. The SMILES string of the molecule is C1CCCC1.C1CCCC1.CC(=O)O.CC(=O)O.CC(=O)OC1CCCC1N(C)C.CN(C)C1CCCC1I.[CH3-].[CH3-].[CH3-].[CH3-].[Cu].[Fe+2].[Fe+2]. The maximum atomic E-state index is 10.7. The zero-order valence-corrected chi connectivity index (χ0v) is 36.2. The molecule has 0 aliphatic heterocycles. The zero-order chi connectivity index (χ0) is 30.2. The average Bonchev–Trinajstić information content (AvgIpc) is 3.63. The van der Waals surface area contributed by atoms with Crippen LogP contribution in [0.1, 0.15) is 124 Å². The van der Waals surface area contributed by atoms with Crippen LogP contribution in [0.15, 0.2) is 0 Å². The third-order valence-corrected chi connectivity index (χ3v) is 8.41. The van der Waals surface area contributed by atoms with Gasteiger partial charge in [0, 0.05) is 53.8 Å². The number of rotatable bonds is 3. The maximum Gasteiger partial charge on any atom is 2.00 e. The number of ether oxygens (including phenoxy) is 1. The Labute approximate surface area is 332 Å². The summed E-state index contributed by atoms with van der Waals surface area (Å²) in [4.78, 5) is 33.2. The van der Waals surface area contributed by atoms with Crippen molar-refractivity contribution in [2.45, 2.75) is 146 Å². The molecule has 0 aromatic carbocycles. The third kappa shape index (κ3) is 46.7. The molecule has 0 spiro atoms. The molecule has 4 unspecified atom stereocenters. The Kier molecular flexibility index (Phi) is 68.0. The number of carboxylic acids is 2. The van der Waals surface area contributed by atoms with Crippen molar-refractivity contribution in [3.8, 4) is 0 Å². The topological polar surface area (TPSA) is 107 Å². The van der Waals surface area contributed by atoms with E-state index in [1.54, 1.807) is 0 Å². The minimum atomic E-state index is -0.833. The molecule has 0 heterocycles. The first-order valence-electron chi connectivity index (χ1n) is 14.8. The molecule has 0 aromatic heterocycles. The fourth-order valence-corrected chi connectivity index (χ4v) is 6.54. The van der Waals surface area contributed by atoms with Crippen LogP contribution in [0, 0.1) is 29.7 Å². The number of esters is 1. The molecule has 4 atom stereocenters. The smallest absolute Gasteiger partial charge is 0.481 e. The first-order valence-corrected chi connectivity index (χ1v) is 16.1. The van der Waals surface area contributed by atoms with E-state index in [1.165, 1.54) is 96.8 Å². The minimum Gasteiger partial charge on any atom is -0.481 e. The second-order valence-electron chi connectivity index (χ2n) is 11.2. The molecule has 4 saturated carbocycles. The van der Waals surface area contributed by atoms with Crippen LogP contribution in [0.3, 0.4) is 0 Å². The van der Waals surface area contributed by atoms with Crippen LogP contribution in [-0.2, 0) is 70.3 Å². The molecule has 4 aliphatic rings. The van der Waals surface area contributed by atoms with E-state index in [1.807, 2.05) is 14.1 Å². The van der Waals surface area contributed by atoms with Gasteiger partial charge in [-0.25, -0.2) is 0 Å². The van der Waals surface area contributed by atoms with Gasteiger partial charge in [0.25, 0.3) is 11.9 Å². The average molecular weight is 906 g/mol. The van der Waals surface area contributed by atoms with Crippen LogP contribution in [-0.4, -0.2) is 88.2 Å². The number of likely N-dealkylation sites (N-methyl/N-ethyl adjacent to an activating group) is 1. The predicted molar refractivity (Wildman–Crippen MR) is 194 cm³/mol. The van der Waals surface area contributed by atoms with E-state index < -0.39 is 11.9 Å². The van der Waals surface area contributed by atoms with Gasteiger partial charge in [-0.2, -0.15) is 0 Å². The monoisotopic (exact) mass is 905 g/mol. The molecule has 46 heavy (non-hydrogen) atoms. The minimum absolute atomic E-state index is 0. The van der Waals surface area contributed by atoms with Gasteiger partial charge >= 0.3 is 40.1 Å². The molecular weight excluding hydrogens is 835 g/mol. The summed E-state index contributed by atoms with van der Waals surface area (Å²) in [6.07, 6.45) is 22.7. The summed E-state index contributed by atoms with van der Waals surface area (Å²) in [7, 11) is 8.43. The number of carbonyl (C=O) groups is 3. The molecule has 2 N–H and O–H groups in total. The van der Waals surface area contributed by atoms with Gasteiger partial charge in [-0.1, -0.05) is 93.2 Å². The second kappa shape index (κ2) is 45.6. The van der Waals surface area contributed by atoms with Crippen molar-refractivity contribution in [1.82, 2.24) is 9.80 Å². The number of carboxylic acid groups (broad SMARTS) is 2. The van der Waals surface area contributed by atoms with E-state index in [2.05, 4.69) is 46.5 Å². The molecule has 0 saturated heterocycles. The standard InChI is InChI=1S/C9H17NO2.C7H14IN.2C5H10.2C2H4O2.4CH3.Cu.2Fe/c1-7(11)12-9-6-4-5-8(9)10(2)3;1-9(2)7-5-3-4-6(7)8;2*1-2-4-5-3-1;2*1-2(3)4;;;;;;;/h8-9H,4-6H2,1-3H3;6-7H,3-5H2,1-2H3;2*1-5H2;2*1H3,(H,3,4);4*1H3;;;/q;;;;;;4*-1;;2*+2. The second-order valence-corrected chi connectivity index (χ2v) is 12.8. The van der Waals surface area contributed by atoms with Crippen molar-refractivity contribution in [3.05, 3.63) is 29.7 Å². The van der Waals surface area contributed by atoms with E-state index in [0.29, 0.717) is 6.04 Å². The van der Waals surface area contributed by atoms with Gasteiger partial charge in [-0.05, 0) is 60.3 Å². The molecule has 287 valence electrons. The van der Waals surface area contributed by atoms with Gasteiger partial charge in [0.1, 0.15) is 6.10 Å². The number of alkyl halides is 1. The van der Waals surface area contributed by atoms with Gasteiger partial charge < -0.3 is 54.5 Å². The Morgan fingerprint density at radius 2 is 0.826 bits per heavy atom. The summed E-state index contributed by atoms with van der Waals surface area (Å²) < 4.78 is 6.11. The normalized spacial score (nSPS) is 21.0. The number of hydrogen-bond donors (Lipinski definition) is 2. The Bertz CT molecular complexity index is 600. The first-order chi connectivity index (χ1) is 18.3. The van der Waals surface area contributed by atoms with E-state index in [9.17, 15) is 4.79 Å². The van der Waals surface area contributed by atoms with Crippen LogP contribution in [0.25, 0.3) is 0 Å². The number of carbonyl (C=O) groups excluding carboxylic acids is 1. The van der Waals surface area contributed by atoms with Crippen molar-refractivity contribution in [1.29, 1.82) is 0 Å². The molecule has 4 rings (SSSR count). The molecular formula is C34H71CuFe2IN2O6. The molecule has 0 aromatic rings. The number of hydrogen-bond acceptors (Lipinski definition) is 6. The Balaban J connectivity index is -0.0000000520. The van der Waals surface area contributed by atoms with Crippen molar-refractivity contribution < 1.29 is 80.5 Å². The van der Waals surface area contributed by atoms with E-state index in [4.69, 9.17) is 24.5 Å². The van der Waals surface area contributed by atoms with Gasteiger partial charge in [0.05, 0.1) is 0 Å². The molecule has 4 aliphatic carbocycles. The summed E-state index contributed by atoms with van der Waals surface area (Å²) in [5, 5.41) is 14.8. The van der Waals surface area contributed by atoms with Crippen molar-refractivity contribution in [3.63, 3.8) is 0 Å². The summed E-state index contributed by atoms with van der Waals surface area (Å²) in [5.74, 6) is -1.83. The Hall–Kier alpha value is 0.618. The Morgan fingerprint density at radius 1 is 0.565 bits per heavy atom. The van der Waals surface area contributed by atoms with Gasteiger partial charge in [-0.15, -0.1) is 0 Å². The fraction of sp³-hybridized carbons (Fsp3) is 0.794. The summed E-state index contributed by atoms with van der Waals surface area (Å²) in [6, 6.07) is 1.28. The van der Waals surface area contributed by atoms with Crippen molar-refractivity contribution in [2.75, 3.05) is 28.2 Å². The molecule has 12 heteroatoms. The van der Waals surface area contributed by atoms with E-state index in [0.717, 1.165) is 36.7 Å². The van der Waals surface area contributed by atoms with Crippen molar-refractivity contribution in [2.24, 2.45) is 0 Å². The molecule has 1 radical (unpaired) electrons. The Morgan fingerprint density at radius 3 is 1.02 bits per heavy atom. The molecule has 4 fully saturated rings. The van der Waals surface area contributed by atoms with Crippen molar-refractivity contribution >= 4 is 40.5 Å². The number of aliphatic carboxylic acids is 2. The maximum absolute atomic E-state index is 10.7. The van der Waals surface area contributed by atoms with Crippen LogP contribution in [0.2, 0.25) is 0 Å². The van der Waals surface area contributed by atoms with Gasteiger partial charge in [0.2, 0.25) is 0 Å². The zero-order valence-electron chi connectivity index (χ0n) is 30.9. The fourth-order valence-electron chi connectivity index (χ4n) is 5.09. The van der Waals surface area contributed by atoms with Gasteiger partial charge in [-0.3, -0.25) is 14.4 Å². The van der Waals surface area contributed by atoms with Crippen LogP contribution >= 0.6 is 22.6 Å². The molecule has 8 nitrogen and oxygen atoms in total. The number of nitrogens with zero attached hydrogens (tertiary/aromatic N) is 2. The first kappa shape index (κ1) is 68.6. The van der Waals surface area contributed by atoms with Crippen LogP contribution < -0.4 is 0 Å². The molecule has 0 bridgehead atoms. The largest absolute Gasteiger partial charge is 2.00 e. The van der Waals surface area contributed by atoms with Gasteiger partial charge in [0.15, 0.2) is 0 Å². The summed E-state index contributed by atoms with van der Waals surface area (Å²) in [5.41, 5.74) is 0. The summed E-state index contributed by atoms with van der Waals surface area (Å²) >= 11 is 2.57. The third-order valence-electron chi connectivity index (χ3n) is 6.96. The van der Waals surface area contributed by atoms with E-state index in [-0.39, 0.29) is 93.0 Å². The van der Waals surface area contributed by atoms with Crippen LogP contribution in [0.4, 0.5) is 0 Å². The van der Waals surface area contributed by atoms with Crippen LogP contribution in [0.5, 0.6) is 0 Å². The number of halogens is 1.